The molecular formula is C22H23ClFN7S. The van der Waals surface area contributed by atoms with Gasteiger partial charge in [-0.15, -0.1) is 0 Å². The molecule has 0 radical (unpaired) electrons. The number of fused-ring (bicyclic) bond motifs is 1. The van der Waals surface area contributed by atoms with E-state index >= 15 is 0 Å². The van der Waals surface area contributed by atoms with Crippen molar-refractivity contribution in [3.63, 3.8) is 0 Å². The maximum Gasteiger partial charge on any atom is 0.158 e. The molecule has 1 saturated heterocycles. The lowest BCUT2D eigenvalue weighted by molar-refractivity contribution is 0.533. The fourth-order valence-electron chi connectivity index (χ4n) is 5.07. The molecule has 3 atom stereocenters. The van der Waals surface area contributed by atoms with Gasteiger partial charge in [0.25, 0.3) is 0 Å². The Bertz CT molecular complexity index is 1180. The van der Waals surface area contributed by atoms with E-state index in [2.05, 4.69) is 19.9 Å². The fraction of sp³-hybridized carbons (Fsp3) is 0.318. The van der Waals surface area contributed by atoms with Gasteiger partial charge in [0.05, 0.1) is 11.2 Å². The maximum absolute atomic E-state index is 14.6. The number of benzene rings is 1. The molecule has 7 nitrogen and oxygen atoms in total. The predicted octanol–water partition coefficient (Wildman–Crippen LogP) is 3.33. The van der Waals surface area contributed by atoms with Crippen molar-refractivity contribution in [3.8, 4) is 0 Å². The molecule has 5 rings (SSSR count). The van der Waals surface area contributed by atoms with Gasteiger partial charge in [-0.25, -0.2) is 19.3 Å². The molecule has 166 valence electrons. The van der Waals surface area contributed by atoms with Crippen LogP contribution in [0, 0.1) is 17.7 Å². The highest BCUT2D eigenvalue weighted by molar-refractivity contribution is 7.99. The number of nitrogen functional groups attached to an aromatic ring is 2. The molecule has 2 aliphatic rings. The van der Waals surface area contributed by atoms with Crippen LogP contribution < -0.4 is 22.1 Å². The number of anilines is 3. The highest BCUT2D eigenvalue weighted by atomic mass is 35.5. The van der Waals surface area contributed by atoms with Crippen molar-refractivity contribution in [2.45, 2.75) is 21.8 Å². The Kier molecular flexibility index (Phi) is 5.35. The quantitative estimate of drug-likeness (QED) is 0.518. The van der Waals surface area contributed by atoms with E-state index in [0.29, 0.717) is 39.0 Å². The molecule has 2 aromatic heterocycles. The van der Waals surface area contributed by atoms with E-state index in [1.165, 1.54) is 17.8 Å². The van der Waals surface area contributed by atoms with E-state index in [-0.39, 0.29) is 23.0 Å². The van der Waals surface area contributed by atoms with Gasteiger partial charge >= 0.3 is 0 Å². The molecule has 3 aromatic rings. The molecule has 1 saturated carbocycles. The second-order valence-electron chi connectivity index (χ2n) is 8.20. The first-order valence-corrected chi connectivity index (χ1v) is 11.6. The number of aromatic nitrogens is 3. The average Bonchev–Trinajstić information content (AvgIpc) is 3.46. The summed E-state index contributed by atoms with van der Waals surface area (Å²) in [6.07, 6.45) is 4.22. The molecule has 1 aliphatic heterocycles. The fourth-order valence-corrected chi connectivity index (χ4v) is 6.09. The summed E-state index contributed by atoms with van der Waals surface area (Å²) in [4.78, 5) is 15.9. The summed E-state index contributed by atoms with van der Waals surface area (Å²) < 4.78 is 14.6. The Hall–Kier alpha value is -2.62. The minimum Gasteiger partial charge on any atom is -0.382 e. The van der Waals surface area contributed by atoms with Crippen LogP contribution in [0.2, 0.25) is 5.02 Å². The number of halogens is 2. The summed E-state index contributed by atoms with van der Waals surface area (Å²) in [7, 11) is 0. The van der Waals surface area contributed by atoms with Crippen LogP contribution in [0.15, 0.2) is 52.6 Å². The van der Waals surface area contributed by atoms with Gasteiger partial charge in [-0.05, 0) is 36.0 Å². The third kappa shape index (κ3) is 3.35. The Morgan fingerprint density at radius 1 is 1.16 bits per heavy atom. The monoisotopic (exact) mass is 471 g/mol. The number of hydrogen-bond acceptors (Lipinski definition) is 8. The molecule has 0 spiro atoms. The van der Waals surface area contributed by atoms with Crippen molar-refractivity contribution in [2.75, 3.05) is 36.0 Å². The Morgan fingerprint density at radius 2 is 1.97 bits per heavy atom. The summed E-state index contributed by atoms with van der Waals surface area (Å²) in [5.74, 6) is 1.74. The van der Waals surface area contributed by atoms with E-state index in [4.69, 9.17) is 28.8 Å². The first-order valence-electron chi connectivity index (χ1n) is 10.4. The highest BCUT2D eigenvalue weighted by Gasteiger charge is 2.66. The SMILES string of the molecule is NC[C@]1(c2ccccc2F)[C@@H]2CCN(c3cnc(Sc4ccnc(N)c4Cl)c(N)n3)C[C@@H]21. The van der Waals surface area contributed by atoms with E-state index in [9.17, 15) is 4.39 Å². The van der Waals surface area contributed by atoms with Gasteiger partial charge in [0, 0.05) is 36.1 Å². The molecule has 10 heteroatoms. The number of pyridine rings is 1. The molecule has 0 amide bonds. The minimum absolute atomic E-state index is 0.181. The van der Waals surface area contributed by atoms with Crippen LogP contribution in [-0.4, -0.2) is 34.6 Å². The Labute approximate surface area is 194 Å². The second-order valence-corrected chi connectivity index (χ2v) is 9.61. The predicted molar refractivity (Wildman–Crippen MR) is 125 cm³/mol. The van der Waals surface area contributed by atoms with Gasteiger partial charge in [0.2, 0.25) is 0 Å². The summed E-state index contributed by atoms with van der Waals surface area (Å²) in [6, 6.07) is 8.73. The van der Waals surface area contributed by atoms with Crippen LogP contribution in [-0.2, 0) is 5.41 Å². The van der Waals surface area contributed by atoms with Crippen LogP contribution in [0.4, 0.5) is 21.8 Å². The Morgan fingerprint density at radius 3 is 2.72 bits per heavy atom. The van der Waals surface area contributed by atoms with Gasteiger partial charge in [-0.2, -0.15) is 0 Å². The number of rotatable bonds is 5. The van der Waals surface area contributed by atoms with Crippen molar-refractivity contribution in [2.24, 2.45) is 17.6 Å². The molecule has 3 heterocycles. The maximum atomic E-state index is 14.6. The van der Waals surface area contributed by atoms with E-state index in [1.54, 1.807) is 24.5 Å². The summed E-state index contributed by atoms with van der Waals surface area (Å²) >= 11 is 7.52. The van der Waals surface area contributed by atoms with Crippen molar-refractivity contribution >= 4 is 40.8 Å². The molecule has 32 heavy (non-hydrogen) atoms. The first-order chi connectivity index (χ1) is 15.5. The third-order valence-electron chi connectivity index (χ3n) is 6.70. The summed E-state index contributed by atoms with van der Waals surface area (Å²) in [5, 5.41) is 0.912. The third-order valence-corrected chi connectivity index (χ3v) is 8.28. The van der Waals surface area contributed by atoms with E-state index in [0.717, 1.165) is 25.1 Å². The van der Waals surface area contributed by atoms with Crippen LogP contribution in [0.5, 0.6) is 0 Å². The van der Waals surface area contributed by atoms with Crippen molar-refractivity contribution < 1.29 is 4.39 Å². The number of nitrogens with two attached hydrogens (primary N) is 3. The lowest BCUT2D eigenvalue weighted by Gasteiger charge is -2.27. The van der Waals surface area contributed by atoms with Crippen LogP contribution >= 0.6 is 23.4 Å². The van der Waals surface area contributed by atoms with Gasteiger partial charge < -0.3 is 22.1 Å². The second kappa shape index (κ2) is 8.06. The molecule has 1 aliphatic carbocycles. The topological polar surface area (TPSA) is 120 Å². The van der Waals surface area contributed by atoms with Crippen molar-refractivity contribution in [1.29, 1.82) is 0 Å². The standard InChI is InChI=1S/C22H23ClFN7S/c23-18-16(5-7-28-19(18)26)32-21-20(27)30-17(9-29-21)31-8-6-12-14(10-31)22(12,11-25)13-3-1-2-4-15(13)24/h1-5,7,9,12,14H,6,8,10-11,25H2,(H2,26,28)(H2,27,30)/t12-,14+,22-/m1/s1. The van der Waals surface area contributed by atoms with Crippen molar-refractivity contribution in [1.82, 2.24) is 15.0 Å². The first kappa shape index (κ1) is 21.2. The lowest BCUT2D eigenvalue weighted by Crippen LogP contribution is -2.33. The number of piperidine rings is 1. The summed E-state index contributed by atoms with van der Waals surface area (Å²) in [5.41, 5.74) is 18.6. The lowest BCUT2D eigenvalue weighted by atomic mass is 9.91. The molecule has 6 N–H and O–H groups in total. The molecular weight excluding hydrogens is 449 g/mol. The molecule has 1 aromatic carbocycles. The minimum atomic E-state index is -0.313. The van der Waals surface area contributed by atoms with E-state index < -0.39 is 0 Å². The van der Waals surface area contributed by atoms with E-state index in [1.807, 2.05) is 12.1 Å². The van der Waals surface area contributed by atoms with Gasteiger partial charge in [0.15, 0.2) is 5.82 Å². The summed E-state index contributed by atoms with van der Waals surface area (Å²) in [6.45, 7) is 1.96. The zero-order valence-electron chi connectivity index (χ0n) is 17.2. The zero-order chi connectivity index (χ0) is 22.5. The highest BCUT2D eigenvalue weighted by Crippen LogP contribution is 2.63. The van der Waals surface area contributed by atoms with Gasteiger partial charge in [-0.3, -0.25) is 0 Å². The molecule has 2 fully saturated rings. The normalized spacial score (nSPS) is 24.3. The molecule has 0 unspecified atom stereocenters. The van der Waals surface area contributed by atoms with Crippen LogP contribution in [0.3, 0.4) is 0 Å². The van der Waals surface area contributed by atoms with Gasteiger partial charge in [-0.1, -0.05) is 41.6 Å². The largest absolute Gasteiger partial charge is 0.382 e. The number of hydrogen-bond donors (Lipinski definition) is 3. The average molecular weight is 472 g/mol. The van der Waals surface area contributed by atoms with Crippen molar-refractivity contribution in [3.05, 3.63) is 59.1 Å². The van der Waals surface area contributed by atoms with Gasteiger partial charge in [0.1, 0.15) is 22.5 Å². The Balaban J connectivity index is 1.35. The zero-order valence-corrected chi connectivity index (χ0v) is 18.8. The van der Waals surface area contributed by atoms with Crippen LogP contribution in [0.25, 0.3) is 0 Å². The molecule has 0 bridgehead atoms. The number of nitrogens with zero attached hydrogens (tertiary/aromatic N) is 4. The smallest absolute Gasteiger partial charge is 0.158 e. The van der Waals surface area contributed by atoms with Crippen LogP contribution in [0.1, 0.15) is 12.0 Å².